The monoisotopic (exact) mass is 548 g/mol. The second kappa shape index (κ2) is 10.0. The molecule has 2 heteroatoms. The molecule has 0 aliphatic rings. The van der Waals surface area contributed by atoms with Gasteiger partial charge in [-0.2, -0.15) is 0 Å². The van der Waals surface area contributed by atoms with Crippen LogP contribution in [-0.2, 0) is 0 Å². The lowest BCUT2D eigenvalue weighted by Crippen LogP contribution is -1.86. The molecule has 202 valence electrons. The number of benzene rings is 8. The average Bonchev–Trinajstić information content (AvgIpc) is 3.08. The molecule has 0 saturated carbocycles. The van der Waals surface area contributed by atoms with Gasteiger partial charge in [-0.3, -0.25) is 9.98 Å². The highest BCUT2D eigenvalue weighted by molar-refractivity contribution is 6.26. The van der Waals surface area contributed by atoms with E-state index in [-0.39, 0.29) is 0 Å². The molecule has 8 rings (SSSR count). The Bertz CT molecular complexity index is 2400. The average molecular weight is 549 g/mol. The Hall–Kier alpha value is -5.60. The van der Waals surface area contributed by atoms with Gasteiger partial charge in [-0.1, -0.05) is 115 Å². The predicted molar refractivity (Wildman–Crippen MR) is 188 cm³/mol. The quantitative estimate of drug-likeness (QED) is 0.154. The van der Waals surface area contributed by atoms with Crippen molar-refractivity contribution < 1.29 is 0 Å². The fraction of sp³-hybridized carbons (Fsp3) is 0.0244. The minimum atomic E-state index is 0.818. The first-order valence-electron chi connectivity index (χ1n) is 14.6. The molecule has 0 N–H and O–H groups in total. The van der Waals surface area contributed by atoms with Crippen LogP contribution in [0.2, 0.25) is 0 Å². The molecule has 8 aromatic carbocycles. The number of hydrogen-bond donors (Lipinski definition) is 0. The van der Waals surface area contributed by atoms with Gasteiger partial charge in [0, 0.05) is 17.0 Å². The van der Waals surface area contributed by atoms with Crippen LogP contribution in [-0.4, -0.2) is 12.9 Å². The third-order valence-corrected chi connectivity index (χ3v) is 8.66. The van der Waals surface area contributed by atoms with E-state index < -0.39 is 0 Å². The molecular weight excluding hydrogens is 520 g/mol. The first-order valence-corrected chi connectivity index (χ1v) is 14.6. The van der Waals surface area contributed by atoms with Crippen molar-refractivity contribution in [2.75, 3.05) is 0 Å². The summed E-state index contributed by atoms with van der Waals surface area (Å²) < 4.78 is 0. The Morgan fingerprint density at radius 1 is 0.395 bits per heavy atom. The molecule has 0 aliphatic heterocycles. The van der Waals surface area contributed by atoms with E-state index in [1.807, 2.05) is 19.2 Å². The SMILES string of the molecule is C=Nc1c(/N=C\C)c2ccccc2c2ccc(-c3cccc(-c4ccc5c6ccccc6c6ccccc6c5c4)c3)cc12. The summed E-state index contributed by atoms with van der Waals surface area (Å²) >= 11 is 0. The summed E-state index contributed by atoms with van der Waals surface area (Å²) in [6, 6.07) is 48.2. The van der Waals surface area contributed by atoms with Crippen LogP contribution in [0.3, 0.4) is 0 Å². The minimum Gasteiger partial charge on any atom is -0.262 e. The molecule has 0 fully saturated rings. The van der Waals surface area contributed by atoms with E-state index in [0.29, 0.717) is 0 Å². The normalized spacial score (nSPS) is 11.8. The first kappa shape index (κ1) is 25.1. The van der Waals surface area contributed by atoms with E-state index in [2.05, 4.69) is 139 Å². The largest absolute Gasteiger partial charge is 0.262 e. The number of rotatable bonds is 4. The zero-order chi connectivity index (χ0) is 28.9. The highest BCUT2D eigenvalue weighted by Crippen LogP contribution is 2.45. The van der Waals surface area contributed by atoms with Crippen molar-refractivity contribution in [1.82, 2.24) is 0 Å². The number of aliphatic imine (C=N–C) groups is 2. The fourth-order valence-electron chi connectivity index (χ4n) is 6.72. The Kier molecular flexibility index (Phi) is 5.87. The summed E-state index contributed by atoms with van der Waals surface area (Å²) in [7, 11) is 0. The molecule has 0 aliphatic carbocycles. The third kappa shape index (κ3) is 3.95. The molecule has 0 bridgehead atoms. The van der Waals surface area contributed by atoms with Gasteiger partial charge in [-0.15, -0.1) is 0 Å². The predicted octanol–water partition coefficient (Wildman–Crippen LogP) is 11.8. The van der Waals surface area contributed by atoms with Crippen LogP contribution in [0.4, 0.5) is 11.4 Å². The van der Waals surface area contributed by atoms with Crippen molar-refractivity contribution in [3.05, 3.63) is 133 Å². The zero-order valence-corrected chi connectivity index (χ0v) is 23.9. The van der Waals surface area contributed by atoms with Gasteiger partial charge in [-0.05, 0) is 97.2 Å². The highest BCUT2D eigenvalue weighted by atomic mass is 14.8. The van der Waals surface area contributed by atoms with Crippen LogP contribution >= 0.6 is 0 Å². The minimum absolute atomic E-state index is 0.818. The highest BCUT2D eigenvalue weighted by Gasteiger charge is 2.15. The van der Waals surface area contributed by atoms with E-state index in [1.165, 1.54) is 48.8 Å². The molecular formula is C41H28N2. The van der Waals surface area contributed by atoms with Crippen molar-refractivity contribution in [2.24, 2.45) is 9.98 Å². The van der Waals surface area contributed by atoms with Crippen molar-refractivity contribution in [3.8, 4) is 22.3 Å². The third-order valence-electron chi connectivity index (χ3n) is 8.66. The topological polar surface area (TPSA) is 24.7 Å². The molecule has 0 amide bonds. The summed E-state index contributed by atoms with van der Waals surface area (Å²) in [5.74, 6) is 0. The lowest BCUT2D eigenvalue weighted by Gasteiger charge is -2.14. The Morgan fingerprint density at radius 2 is 0.814 bits per heavy atom. The lowest BCUT2D eigenvalue weighted by molar-refractivity contribution is 1.52. The van der Waals surface area contributed by atoms with E-state index in [1.54, 1.807) is 0 Å². The lowest BCUT2D eigenvalue weighted by atomic mass is 9.91. The van der Waals surface area contributed by atoms with Crippen molar-refractivity contribution >= 4 is 78.2 Å². The van der Waals surface area contributed by atoms with E-state index in [4.69, 9.17) is 4.99 Å². The van der Waals surface area contributed by atoms with Gasteiger partial charge in [0.2, 0.25) is 0 Å². The van der Waals surface area contributed by atoms with Crippen LogP contribution < -0.4 is 0 Å². The van der Waals surface area contributed by atoms with Gasteiger partial charge >= 0.3 is 0 Å². The van der Waals surface area contributed by atoms with Gasteiger partial charge in [0.1, 0.15) is 0 Å². The van der Waals surface area contributed by atoms with Gasteiger partial charge in [0.05, 0.1) is 11.4 Å². The van der Waals surface area contributed by atoms with Crippen molar-refractivity contribution in [2.45, 2.75) is 6.92 Å². The van der Waals surface area contributed by atoms with Gasteiger partial charge < -0.3 is 0 Å². The van der Waals surface area contributed by atoms with Crippen LogP contribution in [0.25, 0.3) is 76.1 Å². The molecule has 0 aromatic heterocycles. The zero-order valence-electron chi connectivity index (χ0n) is 23.9. The van der Waals surface area contributed by atoms with Crippen LogP contribution in [0.15, 0.2) is 143 Å². The van der Waals surface area contributed by atoms with Gasteiger partial charge in [0.25, 0.3) is 0 Å². The van der Waals surface area contributed by atoms with Gasteiger partial charge in [-0.25, -0.2) is 0 Å². The van der Waals surface area contributed by atoms with E-state index >= 15 is 0 Å². The molecule has 0 radical (unpaired) electrons. The molecule has 0 saturated heterocycles. The maximum absolute atomic E-state index is 4.72. The second-order valence-electron chi connectivity index (χ2n) is 11.0. The number of fused-ring (bicyclic) bond motifs is 9. The molecule has 0 spiro atoms. The number of nitrogens with zero attached hydrogens (tertiary/aromatic N) is 2. The molecule has 43 heavy (non-hydrogen) atoms. The number of hydrogen-bond acceptors (Lipinski definition) is 2. The smallest absolute Gasteiger partial charge is 0.0966 e. The summed E-state index contributed by atoms with van der Waals surface area (Å²) in [4.78, 5) is 9.20. The van der Waals surface area contributed by atoms with Gasteiger partial charge in [0.15, 0.2) is 0 Å². The maximum Gasteiger partial charge on any atom is 0.0966 e. The summed E-state index contributed by atoms with van der Waals surface area (Å²) in [5.41, 5.74) is 6.37. The summed E-state index contributed by atoms with van der Waals surface area (Å²) in [6.45, 7) is 5.86. The van der Waals surface area contributed by atoms with Crippen LogP contribution in [0, 0.1) is 0 Å². The second-order valence-corrected chi connectivity index (χ2v) is 11.0. The Balaban J connectivity index is 1.31. The molecule has 2 nitrogen and oxygen atoms in total. The standard InChI is InChI=1S/C41H28N2/c1-3-43-41-37-18-9-8-16-33(37)36-22-20-29(25-39(36)40(41)42-2)27-12-10-11-26(23-27)28-19-21-35-32-15-5-4-13-30(32)31-14-6-7-17-34(31)38(35)24-28/h3-25H,2H2,1H3/b43-3-. The fourth-order valence-corrected chi connectivity index (χ4v) is 6.72. The Morgan fingerprint density at radius 3 is 1.35 bits per heavy atom. The summed E-state index contributed by atoms with van der Waals surface area (Å²) in [5, 5.41) is 12.2. The van der Waals surface area contributed by atoms with E-state index in [9.17, 15) is 0 Å². The Labute approximate surface area is 250 Å². The van der Waals surface area contributed by atoms with Crippen LogP contribution in [0.1, 0.15) is 6.92 Å². The van der Waals surface area contributed by atoms with Crippen molar-refractivity contribution in [1.29, 1.82) is 0 Å². The first-order chi connectivity index (χ1) is 21.2. The van der Waals surface area contributed by atoms with Crippen LogP contribution in [0.5, 0.6) is 0 Å². The molecule has 0 heterocycles. The van der Waals surface area contributed by atoms with Crippen molar-refractivity contribution in [3.63, 3.8) is 0 Å². The molecule has 0 unspecified atom stereocenters. The summed E-state index contributed by atoms with van der Waals surface area (Å²) in [6.07, 6.45) is 1.82. The molecule has 0 atom stereocenters. The molecule has 8 aromatic rings. The maximum atomic E-state index is 4.72. The van der Waals surface area contributed by atoms with E-state index in [0.717, 1.165) is 38.7 Å².